The molecule has 3 N–H and O–H groups in total. The average Bonchev–Trinajstić information content (AvgIpc) is 3.11. The number of nitrogens with two attached hydrogens (primary N) is 1. The van der Waals surface area contributed by atoms with Gasteiger partial charge < -0.3 is 15.7 Å². The molecule has 124 valence electrons. The van der Waals surface area contributed by atoms with Crippen LogP contribution in [0.2, 0.25) is 0 Å². The number of aryl methyl sites for hydroxylation is 2. The molecule has 6 nitrogen and oxygen atoms in total. The largest absolute Gasteiger partial charge is 0.481 e. The maximum absolute atomic E-state index is 11.8. The number of amides is 1. The fourth-order valence-corrected chi connectivity index (χ4v) is 3.82. The highest BCUT2D eigenvalue weighted by molar-refractivity contribution is 5.98. The standard InChI is InChI=1S/C17H23N3O3/c1-9(2)12-7-20(8-13(12)17(22)23)16-11(15(18)21)6-10-4-3-5-14(10)19-16/h6,9,12-13H,3-5,7-8H2,1-2H3,(H2,18,21)(H,22,23)/t12-,13+/m0/s1. The number of hydrogen-bond acceptors (Lipinski definition) is 4. The van der Waals surface area contributed by atoms with Crippen molar-refractivity contribution >= 4 is 17.7 Å². The van der Waals surface area contributed by atoms with Crippen molar-refractivity contribution in [1.29, 1.82) is 0 Å². The van der Waals surface area contributed by atoms with Gasteiger partial charge in [0.05, 0.1) is 11.5 Å². The van der Waals surface area contributed by atoms with Crippen LogP contribution in [0.1, 0.15) is 41.9 Å². The number of carbonyl (C=O) groups excluding carboxylic acids is 1. The van der Waals surface area contributed by atoms with Gasteiger partial charge in [0, 0.05) is 18.8 Å². The van der Waals surface area contributed by atoms with Gasteiger partial charge in [-0.25, -0.2) is 4.98 Å². The molecule has 0 unspecified atom stereocenters. The summed E-state index contributed by atoms with van der Waals surface area (Å²) in [5, 5.41) is 9.49. The second kappa shape index (κ2) is 5.83. The first-order valence-corrected chi connectivity index (χ1v) is 8.18. The van der Waals surface area contributed by atoms with E-state index in [0.29, 0.717) is 24.5 Å². The summed E-state index contributed by atoms with van der Waals surface area (Å²) >= 11 is 0. The zero-order chi connectivity index (χ0) is 16.7. The van der Waals surface area contributed by atoms with E-state index in [0.717, 1.165) is 30.5 Å². The van der Waals surface area contributed by atoms with Crippen LogP contribution in [0.25, 0.3) is 0 Å². The number of hydrogen-bond donors (Lipinski definition) is 2. The van der Waals surface area contributed by atoms with Gasteiger partial charge in [-0.2, -0.15) is 0 Å². The topological polar surface area (TPSA) is 96.5 Å². The lowest BCUT2D eigenvalue weighted by molar-refractivity contribution is -0.142. The van der Waals surface area contributed by atoms with Crippen LogP contribution >= 0.6 is 0 Å². The summed E-state index contributed by atoms with van der Waals surface area (Å²) in [5.41, 5.74) is 8.07. The Kier molecular flexibility index (Phi) is 4.00. The summed E-state index contributed by atoms with van der Waals surface area (Å²) in [6, 6.07) is 1.85. The number of primary amides is 1. The van der Waals surface area contributed by atoms with E-state index in [1.165, 1.54) is 0 Å². The first-order chi connectivity index (χ1) is 10.9. The Morgan fingerprint density at radius 2 is 2.09 bits per heavy atom. The van der Waals surface area contributed by atoms with Gasteiger partial charge >= 0.3 is 5.97 Å². The molecule has 1 aromatic rings. The molecule has 0 bridgehead atoms. The Labute approximate surface area is 135 Å². The number of anilines is 1. The molecule has 2 atom stereocenters. The minimum absolute atomic E-state index is 0.0447. The summed E-state index contributed by atoms with van der Waals surface area (Å²) in [6.45, 7) is 5.05. The third kappa shape index (κ3) is 2.78. The van der Waals surface area contributed by atoms with Crippen LogP contribution in [-0.4, -0.2) is 35.1 Å². The molecule has 23 heavy (non-hydrogen) atoms. The Morgan fingerprint density at radius 1 is 1.35 bits per heavy atom. The smallest absolute Gasteiger partial charge is 0.308 e. The summed E-state index contributed by atoms with van der Waals surface area (Å²) in [4.78, 5) is 30.0. The monoisotopic (exact) mass is 317 g/mol. The lowest BCUT2D eigenvalue weighted by Crippen LogP contribution is -2.27. The van der Waals surface area contributed by atoms with Crippen molar-refractivity contribution in [3.05, 3.63) is 22.9 Å². The third-order valence-electron chi connectivity index (χ3n) is 5.13. The van der Waals surface area contributed by atoms with E-state index in [1.54, 1.807) is 0 Å². The van der Waals surface area contributed by atoms with Crippen molar-refractivity contribution in [3.8, 4) is 0 Å². The van der Waals surface area contributed by atoms with Crippen LogP contribution in [0.15, 0.2) is 6.07 Å². The molecule has 1 saturated heterocycles. The first kappa shape index (κ1) is 15.8. The van der Waals surface area contributed by atoms with E-state index >= 15 is 0 Å². The normalized spacial score (nSPS) is 23.3. The number of fused-ring (bicyclic) bond motifs is 1. The van der Waals surface area contributed by atoms with E-state index in [9.17, 15) is 14.7 Å². The van der Waals surface area contributed by atoms with Gasteiger partial charge in [-0.3, -0.25) is 9.59 Å². The Morgan fingerprint density at radius 3 is 2.65 bits per heavy atom. The van der Waals surface area contributed by atoms with Gasteiger partial charge in [-0.05, 0) is 42.7 Å². The highest BCUT2D eigenvalue weighted by atomic mass is 16.4. The minimum Gasteiger partial charge on any atom is -0.481 e. The van der Waals surface area contributed by atoms with Gasteiger partial charge in [0.1, 0.15) is 5.82 Å². The minimum atomic E-state index is -0.784. The second-order valence-electron chi connectivity index (χ2n) is 6.94. The number of carbonyl (C=O) groups is 2. The van der Waals surface area contributed by atoms with Crippen LogP contribution < -0.4 is 10.6 Å². The molecule has 0 radical (unpaired) electrons. The maximum atomic E-state index is 11.8. The van der Waals surface area contributed by atoms with Crippen molar-refractivity contribution in [3.63, 3.8) is 0 Å². The zero-order valence-corrected chi connectivity index (χ0v) is 13.6. The predicted octanol–water partition coefficient (Wildman–Crippen LogP) is 1.46. The van der Waals surface area contributed by atoms with Crippen LogP contribution in [0, 0.1) is 17.8 Å². The number of carboxylic acids is 1. The highest BCUT2D eigenvalue weighted by Gasteiger charge is 2.40. The van der Waals surface area contributed by atoms with Gasteiger partial charge in [0.15, 0.2) is 0 Å². The maximum Gasteiger partial charge on any atom is 0.308 e. The predicted molar refractivity (Wildman–Crippen MR) is 86.4 cm³/mol. The SMILES string of the molecule is CC(C)[C@@H]1CN(c2nc3c(cc2C(N)=O)CCC3)C[C@H]1C(=O)O. The Bertz CT molecular complexity index is 657. The highest BCUT2D eigenvalue weighted by Crippen LogP contribution is 2.35. The quantitative estimate of drug-likeness (QED) is 0.876. The van der Waals surface area contributed by atoms with Crippen molar-refractivity contribution < 1.29 is 14.7 Å². The van der Waals surface area contributed by atoms with Crippen LogP contribution in [0.5, 0.6) is 0 Å². The molecule has 1 fully saturated rings. The van der Waals surface area contributed by atoms with Gasteiger partial charge in [0.25, 0.3) is 5.91 Å². The molecule has 6 heteroatoms. The number of rotatable bonds is 4. The molecule has 1 aliphatic carbocycles. The number of nitrogens with zero attached hydrogens (tertiary/aromatic N) is 2. The summed E-state index contributed by atoms with van der Waals surface area (Å²) in [6.07, 6.45) is 2.87. The molecule has 0 spiro atoms. The molecular formula is C17H23N3O3. The second-order valence-corrected chi connectivity index (χ2v) is 6.94. The third-order valence-corrected chi connectivity index (χ3v) is 5.13. The van der Waals surface area contributed by atoms with Crippen molar-refractivity contribution in [2.75, 3.05) is 18.0 Å². The molecule has 1 amide bonds. The number of aromatic nitrogens is 1. The summed E-state index contributed by atoms with van der Waals surface area (Å²) in [5.74, 6) is -0.857. The molecule has 3 rings (SSSR count). The molecule has 1 aromatic heterocycles. The van der Waals surface area contributed by atoms with Crippen molar-refractivity contribution in [2.45, 2.75) is 33.1 Å². The number of aliphatic carboxylic acids is 1. The molecule has 1 aliphatic heterocycles. The molecule has 2 aliphatic rings. The van der Waals surface area contributed by atoms with Crippen LogP contribution in [0.4, 0.5) is 5.82 Å². The van der Waals surface area contributed by atoms with Crippen molar-refractivity contribution in [1.82, 2.24) is 4.98 Å². The summed E-state index contributed by atoms with van der Waals surface area (Å²) in [7, 11) is 0. The van der Waals surface area contributed by atoms with Crippen LogP contribution in [-0.2, 0) is 17.6 Å². The fraction of sp³-hybridized carbons (Fsp3) is 0.588. The fourth-order valence-electron chi connectivity index (χ4n) is 3.82. The van der Waals surface area contributed by atoms with E-state index < -0.39 is 17.8 Å². The Balaban J connectivity index is 1.98. The van der Waals surface area contributed by atoms with Gasteiger partial charge in [-0.15, -0.1) is 0 Å². The van der Waals surface area contributed by atoms with Crippen molar-refractivity contribution in [2.24, 2.45) is 23.5 Å². The van der Waals surface area contributed by atoms with Gasteiger partial charge in [-0.1, -0.05) is 13.8 Å². The summed E-state index contributed by atoms with van der Waals surface area (Å²) < 4.78 is 0. The first-order valence-electron chi connectivity index (χ1n) is 8.18. The zero-order valence-electron chi connectivity index (χ0n) is 13.6. The molecule has 0 aromatic carbocycles. The lowest BCUT2D eigenvalue weighted by atomic mass is 9.86. The number of carboxylic acid groups (broad SMARTS) is 1. The molecular weight excluding hydrogens is 294 g/mol. The molecule has 0 saturated carbocycles. The van der Waals surface area contributed by atoms with E-state index in [-0.39, 0.29) is 11.8 Å². The Hall–Kier alpha value is -2.11. The van der Waals surface area contributed by atoms with E-state index in [1.807, 2.05) is 24.8 Å². The van der Waals surface area contributed by atoms with Crippen LogP contribution in [0.3, 0.4) is 0 Å². The lowest BCUT2D eigenvalue weighted by Gasteiger charge is -2.21. The number of pyridine rings is 1. The van der Waals surface area contributed by atoms with Gasteiger partial charge in [0.2, 0.25) is 0 Å². The van der Waals surface area contributed by atoms with E-state index in [2.05, 4.69) is 4.98 Å². The molecule has 2 heterocycles. The van der Waals surface area contributed by atoms with E-state index in [4.69, 9.17) is 5.73 Å². The average molecular weight is 317 g/mol.